The standard InChI is InChI=1S/C16H16Cl2N2O/c1-10-5-3-7-13(11(10)2)20-15(21)9-19-14-8-4-6-12(17)16(14)18/h3-8,19H,9H2,1-2H3,(H,20,21). The minimum absolute atomic E-state index is 0.118. The molecule has 0 bridgehead atoms. The maximum atomic E-state index is 12.0. The Kier molecular flexibility index (Phi) is 5.10. The SMILES string of the molecule is Cc1cccc(NC(=O)CNc2cccc(Cl)c2Cl)c1C. The van der Waals surface area contributed by atoms with Crippen molar-refractivity contribution >= 4 is 40.5 Å². The lowest BCUT2D eigenvalue weighted by atomic mass is 10.1. The topological polar surface area (TPSA) is 41.1 Å². The van der Waals surface area contributed by atoms with Gasteiger partial charge in [0.15, 0.2) is 0 Å². The molecular weight excluding hydrogens is 307 g/mol. The van der Waals surface area contributed by atoms with Crippen LogP contribution < -0.4 is 10.6 Å². The van der Waals surface area contributed by atoms with E-state index in [4.69, 9.17) is 23.2 Å². The molecule has 2 aromatic carbocycles. The molecule has 0 saturated heterocycles. The van der Waals surface area contributed by atoms with Crippen LogP contribution in [0, 0.1) is 13.8 Å². The molecule has 0 fully saturated rings. The van der Waals surface area contributed by atoms with E-state index >= 15 is 0 Å². The molecule has 110 valence electrons. The molecule has 0 aliphatic carbocycles. The van der Waals surface area contributed by atoms with Crippen LogP contribution in [0.2, 0.25) is 10.0 Å². The van der Waals surface area contributed by atoms with Crippen molar-refractivity contribution in [2.75, 3.05) is 17.2 Å². The fraction of sp³-hybridized carbons (Fsp3) is 0.188. The van der Waals surface area contributed by atoms with Gasteiger partial charge in [0.2, 0.25) is 5.91 Å². The fourth-order valence-corrected chi connectivity index (χ4v) is 2.26. The second-order valence-corrected chi connectivity index (χ2v) is 5.54. The molecule has 0 aliphatic heterocycles. The highest BCUT2D eigenvalue weighted by Crippen LogP contribution is 2.29. The molecular formula is C16H16Cl2N2O. The van der Waals surface area contributed by atoms with Crippen LogP contribution in [0.15, 0.2) is 36.4 Å². The summed E-state index contributed by atoms with van der Waals surface area (Å²) in [5, 5.41) is 6.73. The van der Waals surface area contributed by atoms with Crippen LogP contribution in [0.4, 0.5) is 11.4 Å². The first kappa shape index (κ1) is 15.7. The van der Waals surface area contributed by atoms with Crippen LogP contribution in [0.25, 0.3) is 0 Å². The molecule has 0 atom stereocenters. The van der Waals surface area contributed by atoms with Gasteiger partial charge in [0, 0.05) is 5.69 Å². The fourth-order valence-electron chi connectivity index (χ4n) is 1.90. The van der Waals surface area contributed by atoms with E-state index in [-0.39, 0.29) is 12.5 Å². The quantitative estimate of drug-likeness (QED) is 0.859. The summed E-state index contributed by atoms with van der Waals surface area (Å²) in [4.78, 5) is 12.0. The summed E-state index contributed by atoms with van der Waals surface area (Å²) in [6, 6.07) is 11.1. The zero-order chi connectivity index (χ0) is 15.4. The average Bonchev–Trinajstić information content (AvgIpc) is 2.45. The van der Waals surface area contributed by atoms with Crippen molar-refractivity contribution in [1.29, 1.82) is 0 Å². The van der Waals surface area contributed by atoms with Gasteiger partial charge in [-0.1, -0.05) is 41.4 Å². The minimum Gasteiger partial charge on any atom is -0.375 e. The summed E-state index contributed by atoms with van der Waals surface area (Å²) < 4.78 is 0. The van der Waals surface area contributed by atoms with Gasteiger partial charge in [-0.25, -0.2) is 0 Å². The third-order valence-corrected chi connectivity index (χ3v) is 4.09. The summed E-state index contributed by atoms with van der Waals surface area (Å²) in [5.41, 5.74) is 3.66. The van der Waals surface area contributed by atoms with Crippen LogP contribution in [-0.4, -0.2) is 12.5 Å². The van der Waals surface area contributed by atoms with Crippen molar-refractivity contribution < 1.29 is 4.79 Å². The van der Waals surface area contributed by atoms with Crippen molar-refractivity contribution in [1.82, 2.24) is 0 Å². The lowest BCUT2D eigenvalue weighted by Crippen LogP contribution is -2.22. The van der Waals surface area contributed by atoms with E-state index < -0.39 is 0 Å². The van der Waals surface area contributed by atoms with E-state index in [0.717, 1.165) is 16.8 Å². The molecule has 0 aliphatic rings. The van der Waals surface area contributed by atoms with Crippen molar-refractivity contribution in [3.05, 3.63) is 57.6 Å². The predicted molar refractivity (Wildman–Crippen MR) is 89.5 cm³/mol. The largest absolute Gasteiger partial charge is 0.375 e. The van der Waals surface area contributed by atoms with Crippen molar-refractivity contribution in [2.24, 2.45) is 0 Å². The maximum Gasteiger partial charge on any atom is 0.243 e. The second-order valence-electron chi connectivity index (χ2n) is 4.75. The number of nitrogens with one attached hydrogen (secondary N) is 2. The average molecular weight is 323 g/mol. The molecule has 0 heterocycles. The molecule has 1 amide bonds. The molecule has 2 aromatic rings. The Morgan fingerprint density at radius 3 is 2.48 bits per heavy atom. The van der Waals surface area contributed by atoms with E-state index in [1.807, 2.05) is 32.0 Å². The molecule has 0 radical (unpaired) electrons. The van der Waals surface area contributed by atoms with Gasteiger partial charge < -0.3 is 10.6 Å². The Balaban J connectivity index is 1.99. The Labute approximate surface area is 134 Å². The van der Waals surface area contributed by atoms with Crippen LogP contribution in [0.5, 0.6) is 0 Å². The van der Waals surface area contributed by atoms with E-state index in [1.54, 1.807) is 18.2 Å². The number of halogens is 2. The van der Waals surface area contributed by atoms with Crippen LogP contribution in [0.3, 0.4) is 0 Å². The van der Waals surface area contributed by atoms with Crippen molar-refractivity contribution in [3.63, 3.8) is 0 Å². The molecule has 5 heteroatoms. The highest BCUT2D eigenvalue weighted by Gasteiger charge is 2.08. The van der Waals surface area contributed by atoms with Gasteiger partial charge in [0.05, 0.1) is 22.3 Å². The van der Waals surface area contributed by atoms with Crippen LogP contribution >= 0.6 is 23.2 Å². The zero-order valence-corrected chi connectivity index (χ0v) is 13.3. The first-order valence-electron chi connectivity index (χ1n) is 6.53. The monoisotopic (exact) mass is 322 g/mol. The van der Waals surface area contributed by atoms with Gasteiger partial charge in [0.25, 0.3) is 0 Å². The third-order valence-electron chi connectivity index (χ3n) is 3.27. The molecule has 0 aromatic heterocycles. The summed E-state index contributed by atoms with van der Waals surface area (Å²) in [6.07, 6.45) is 0. The lowest BCUT2D eigenvalue weighted by Gasteiger charge is -2.12. The molecule has 2 rings (SSSR count). The maximum absolute atomic E-state index is 12.0. The number of carbonyl (C=O) groups is 1. The summed E-state index contributed by atoms with van der Waals surface area (Å²) in [6.45, 7) is 4.11. The summed E-state index contributed by atoms with van der Waals surface area (Å²) in [5.74, 6) is -0.139. The summed E-state index contributed by atoms with van der Waals surface area (Å²) >= 11 is 12.0. The van der Waals surface area contributed by atoms with E-state index in [0.29, 0.717) is 15.7 Å². The molecule has 3 nitrogen and oxygen atoms in total. The van der Waals surface area contributed by atoms with Gasteiger partial charge in [0.1, 0.15) is 0 Å². The lowest BCUT2D eigenvalue weighted by molar-refractivity contribution is -0.114. The predicted octanol–water partition coefficient (Wildman–Crippen LogP) is 4.66. The first-order chi connectivity index (χ1) is 9.99. The van der Waals surface area contributed by atoms with Crippen molar-refractivity contribution in [2.45, 2.75) is 13.8 Å². The van der Waals surface area contributed by atoms with E-state index in [2.05, 4.69) is 10.6 Å². The van der Waals surface area contributed by atoms with Gasteiger partial charge >= 0.3 is 0 Å². The zero-order valence-electron chi connectivity index (χ0n) is 11.8. The highest BCUT2D eigenvalue weighted by atomic mass is 35.5. The molecule has 21 heavy (non-hydrogen) atoms. The molecule has 0 spiro atoms. The van der Waals surface area contributed by atoms with E-state index in [9.17, 15) is 4.79 Å². The number of hydrogen-bond donors (Lipinski definition) is 2. The van der Waals surface area contributed by atoms with Crippen molar-refractivity contribution in [3.8, 4) is 0 Å². The van der Waals surface area contributed by atoms with Gasteiger partial charge in [-0.3, -0.25) is 4.79 Å². The van der Waals surface area contributed by atoms with E-state index in [1.165, 1.54) is 0 Å². The molecule has 2 N–H and O–H groups in total. The summed E-state index contributed by atoms with van der Waals surface area (Å²) in [7, 11) is 0. The van der Waals surface area contributed by atoms with Crippen LogP contribution in [-0.2, 0) is 4.79 Å². The number of carbonyl (C=O) groups excluding carboxylic acids is 1. The number of rotatable bonds is 4. The van der Waals surface area contributed by atoms with Gasteiger partial charge in [-0.2, -0.15) is 0 Å². The van der Waals surface area contributed by atoms with Gasteiger partial charge in [-0.15, -0.1) is 0 Å². The Hall–Kier alpha value is -1.71. The molecule has 0 unspecified atom stereocenters. The number of aryl methyl sites for hydroxylation is 1. The highest BCUT2D eigenvalue weighted by molar-refractivity contribution is 6.43. The molecule has 0 saturated carbocycles. The smallest absolute Gasteiger partial charge is 0.243 e. The normalized spacial score (nSPS) is 10.3. The number of benzene rings is 2. The second kappa shape index (κ2) is 6.83. The first-order valence-corrected chi connectivity index (χ1v) is 7.28. The number of anilines is 2. The Morgan fingerprint density at radius 1 is 1.05 bits per heavy atom. The third kappa shape index (κ3) is 3.90. The van der Waals surface area contributed by atoms with Gasteiger partial charge in [-0.05, 0) is 43.2 Å². The number of hydrogen-bond acceptors (Lipinski definition) is 2. The van der Waals surface area contributed by atoms with Crippen LogP contribution in [0.1, 0.15) is 11.1 Å². The number of amides is 1. The Bertz CT molecular complexity index is 671. The Morgan fingerprint density at radius 2 is 1.71 bits per heavy atom. The minimum atomic E-state index is -0.139.